The molecule has 4 aromatic rings. The van der Waals surface area contributed by atoms with Crippen LogP contribution in [0.2, 0.25) is 10.0 Å². The molecule has 7 nitrogen and oxygen atoms in total. The fraction of sp³-hybridized carbons (Fsp3) is 0.323. The Morgan fingerprint density at radius 3 is 2.48 bits per heavy atom. The summed E-state index contributed by atoms with van der Waals surface area (Å²) in [4.78, 5) is 21.1. The molecule has 0 spiro atoms. The molecule has 1 amide bonds. The van der Waals surface area contributed by atoms with Crippen molar-refractivity contribution in [2.75, 3.05) is 32.8 Å². The fourth-order valence-electron chi connectivity index (χ4n) is 5.71. The van der Waals surface area contributed by atoms with E-state index < -0.39 is 6.09 Å². The smallest absolute Gasteiger partial charge is 0.416 e. The highest BCUT2D eigenvalue weighted by Gasteiger charge is 2.35. The van der Waals surface area contributed by atoms with Crippen molar-refractivity contribution in [2.24, 2.45) is 0 Å². The minimum absolute atomic E-state index is 0.203. The molecule has 1 fully saturated rings. The molecule has 0 bridgehead atoms. The molecule has 2 aliphatic heterocycles. The number of aliphatic hydroxyl groups excluding tert-OH is 1. The number of hydrogen-bond donors (Lipinski definition) is 2. The SMILES string of the molecule is O=C(Oc1ccc(Cl)cc1)N1CCc2c([nH]c3ccc(Cl)cc23)C1c1ccc(OCCCN2CC[C@@H](O)C2)cc1. The first-order valence-electron chi connectivity index (χ1n) is 13.6. The van der Waals surface area contributed by atoms with Crippen LogP contribution in [0.3, 0.4) is 0 Å². The Labute approximate surface area is 243 Å². The van der Waals surface area contributed by atoms with E-state index in [1.54, 1.807) is 29.2 Å². The Morgan fingerprint density at radius 1 is 0.975 bits per heavy atom. The molecule has 0 aliphatic carbocycles. The number of rotatable bonds is 7. The predicted octanol–water partition coefficient (Wildman–Crippen LogP) is 6.46. The quantitative estimate of drug-likeness (QED) is 0.246. The number of ether oxygens (including phenoxy) is 2. The first-order chi connectivity index (χ1) is 19.4. The first kappa shape index (κ1) is 27.0. The number of carbonyl (C=O) groups is 1. The second-order valence-electron chi connectivity index (χ2n) is 10.4. The third-order valence-electron chi connectivity index (χ3n) is 7.67. The summed E-state index contributed by atoms with van der Waals surface area (Å²) in [5.74, 6) is 1.22. The van der Waals surface area contributed by atoms with Gasteiger partial charge in [0.2, 0.25) is 0 Å². The number of nitrogens with one attached hydrogen (secondary N) is 1. The molecule has 2 aliphatic rings. The summed E-state index contributed by atoms with van der Waals surface area (Å²) < 4.78 is 11.8. The molecule has 0 saturated carbocycles. The summed E-state index contributed by atoms with van der Waals surface area (Å²) in [5, 5.41) is 12.0. The van der Waals surface area contributed by atoms with Gasteiger partial charge >= 0.3 is 6.09 Å². The Kier molecular flexibility index (Phi) is 7.89. The van der Waals surface area contributed by atoms with E-state index in [1.165, 1.54) is 0 Å². The molecular weight excluding hydrogens is 549 g/mol. The molecule has 0 radical (unpaired) electrons. The summed E-state index contributed by atoms with van der Waals surface area (Å²) >= 11 is 12.3. The van der Waals surface area contributed by atoms with Crippen LogP contribution in [0.25, 0.3) is 10.9 Å². The molecule has 208 valence electrons. The lowest BCUT2D eigenvalue weighted by atomic mass is 9.92. The first-order valence-corrected chi connectivity index (χ1v) is 14.4. The van der Waals surface area contributed by atoms with Crippen molar-refractivity contribution in [1.82, 2.24) is 14.8 Å². The van der Waals surface area contributed by atoms with E-state index in [-0.39, 0.29) is 12.1 Å². The predicted molar refractivity (Wildman–Crippen MR) is 157 cm³/mol. The molecule has 1 unspecified atom stereocenters. The van der Waals surface area contributed by atoms with Crippen molar-refractivity contribution in [2.45, 2.75) is 31.4 Å². The minimum Gasteiger partial charge on any atom is -0.494 e. The van der Waals surface area contributed by atoms with E-state index in [4.69, 9.17) is 32.7 Å². The van der Waals surface area contributed by atoms with Crippen LogP contribution in [-0.2, 0) is 6.42 Å². The Morgan fingerprint density at radius 2 is 1.73 bits per heavy atom. The van der Waals surface area contributed by atoms with Crippen molar-refractivity contribution in [3.63, 3.8) is 0 Å². The maximum absolute atomic E-state index is 13.5. The lowest BCUT2D eigenvalue weighted by Crippen LogP contribution is -2.42. The average Bonchev–Trinajstić information content (AvgIpc) is 3.54. The standard InChI is InChI=1S/C31H31Cl2N3O4/c32-21-4-9-25(10-5-21)40-31(38)36-16-13-26-27-18-22(33)6-11-28(27)34-29(26)30(36)20-2-7-24(8-3-20)39-17-1-14-35-15-12-23(37)19-35/h2-11,18,23,30,34,37H,1,12-17,19H2/t23-,30?/m1/s1. The van der Waals surface area contributed by atoms with E-state index in [9.17, 15) is 9.90 Å². The van der Waals surface area contributed by atoms with Crippen LogP contribution in [-0.4, -0.2) is 64.9 Å². The molecule has 3 aromatic carbocycles. The van der Waals surface area contributed by atoms with Crippen molar-refractivity contribution in [3.05, 3.63) is 93.6 Å². The molecule has 1 aromatic heterocycles. The number of likely N-dealkylation sites (tertiary alicyclic amines) is 1. The van der Waals surface area contributed by atoms with Gasteiger partial charge in [-0.1, -0.05) is 35.3 Å². The normalized spacial score (nSPS) is 19.1. The lowest BCUT2D eigenvalue weighted by Gasteiger charge is -2.35. The monoisotopic (exact) mass is 579 g/mol. The number of carbonyl (C=O) groups excluding carboxylic acids is 1. The van der Waals surface area contributed by atoms with E-state index in [0.717, 1.165) is 65.9 Å². The number of aromatic nitrogens is 1. The van der Waals surface area contributed by atoms with Gasteiger partial charge in [0.05, 0.1) is 12.7 Å². The van der Waals surface area contributed by atoms with Crippen LogP contribution < -0.4 is 9.47 Å². The van der Waals surface area contributed by atoms with Crippen molar-refractivity contribution in [3.8, 4) is 11.5 Å². The third-order valence-corrected chi connectivity index (χ3v) is 8.16. The summed E-state index contributed by atoms with van der Waals surface area (Å²) in [5.41, 5.74) is 4.05. The molecular formula is C31H31Cl2N3O4. The van der Waals surface area contributed by atoms with Crippen LogP contribution >= 0.6 is 23.2 Å². The summed E-state index contributed by atoms with van der Waals surface area (Å²) in [6, 6.07) is 20.1. The summed E-state index contributed by atoms with van der Waals surface area (Å²) in [6.07, 6.45) is 1.78. The topological polar surface area (TPSA) is 78.0 Å². The van der Waals surface area contributed by atoms with Gasteiger partial charge < -0.3 is 24.5 Å². The minimum atomic E-state index is -0.429. The van der Waals surface area contributed by atoms with Gasteiger partial charge in [0, 0.05) is 52.8 Å². The van der Waals surface area contributed by atoms with E-state index in [2.05, 4.69) is 9.88 Å². The lowest BCUT2D eigenvalue weighted by molar-refractivity contribution is 0.135. The highest BCUT2D eigenvalue weighted by Crippen LogP contribution is 2.40. The van der Waals surface area contributed by atoms with Crippen LogP contribution in [0.5, 0.6) is 11.5 Å². The van der Waals surface area contributed by atoms with E-state index in [1.807, 2.05) is 42.5 Å². The molecule has 3 heterocycles. The van der Waals surface area contributed by atoms with Gasteiger partial charge in [-0.15, -0.1) is 0 Å². The van der Waals surface area contributed by atoms with Crippen molar-refractivity contribution >= 4 is 40.2 Å². The van der Waals surface area contributed by atoms with Gasteiger partial charge in [-0.2, -0.15) is 0 Å². The van der Waals surface area contributed by atoms with Crippen LogP contribution in [0.1, 0.15) is 35.7 Å². The number of fused-ring (bicyclic) bond motifs is 3. The molecule has 9 heteroatoms. The van der Waals surface area contributed by atoms with Gasteiger partial charge in [0.25, 0.3) is 0 Å². The van der Waals surface area contributed by atoms with Gasteiger partial charge in [-0.05, 0) is 85.0 Å². The largest absolute Gasteiger partial charge is 0.494 e. The number of β-amino-alcohol motifs (C(OH)–C–C–N with tert-alkyl or cyclic N) is 1. The molecule has 2 atom stereocenters. The molecule has 2 N–H and O–H groups in total. The average molecular weight is 581 g/mol. The molecule has 40 heavy (non-hydrogen) atoms. The van der Waals surface area contributed by atoms with Gasteiger partial charge in [0.1, 0.15) is 17.5 Å². The van der Waals surface area contributed by atoms with E-state index in [0.29, 0.717) is 35.4 Å². The number of H-pyrrole nitrogens is 1. The summed E-state index contributed by atoms with van der Waals surface area (Å²) in [6.45, 7) is 3.69. The number of nitrogens with zero attached hydrogens (tertiary/aromatic N) is 2. The van der Waals surface area contributed by atoms with Gasteiger partial charge in [-0.3, -0.25) is 4.90 Å². The van der Waals surface area contributed by atoms with Gasteiger partial charge in [-0.25, -0.2) is 4.79 Å². The highest BCUT2D eigenvalue weighted by molar-refractivity contribution is 6.31. The highest BCUT2D eigenvalue weighted by atomic mass is 35.5. The Hall–Kier alpha value is -3.23. The zero-order valence-electron chi connectivity index (χ0n) is 22.0. The number of aliphatic hydroxyl groups is 1. The van der Waals surface area contributed by atoms with Crippen LogP contribution in [0, 0.1) is 0 Å². The number of amides is 1. The Balaban J connectivity index is 1.23. The van der Waals surface area contributed by atoms with Crippen LogP contribution in [0.15, 0.2) is 66.7 Å². The third kappa shape index (κ3) is 5.79. The Bertz CT molecular complexity index is 1490. The zero-order valence-corrected chi connectivity index (χ0v) is 23.5. The number of benzene rings is 3. The molecule has 1 saturated heterocycles. The van der Waals surface area contributed by atoms with Crippen molar-refractivity contribution < 1.29 is 19.4 Å². The number of halogens is 2. The second kappa shape index (κ2) is 11.7. The maximum Gasteiger partial charge on any atom is 0.416 e. The maximum atomic E-state index is 13.5. The van der Waals surface area contributed by atoms with Gasteiger partial charge in [0.15, 0.2) is 0 Å². The van der Waals surface area contributed by atoms with E-state index >= 15 is 0 Å². The number of aromatic amines is 1. The summed E-state index contributed by atoms with van der Waals surface area (Å²) in [7, 11) is 0. The molecule has 6 rings (SSSR count). The second-order valence-corrected chi connectivity index (χ2v) is 11.3. The zero-order chi connectivity index (χ0) is 27.6. The van der Waals surface area contributed by atoms with Crippen LogP contribution in [0.4, 0.5) is 4.79 Å². The number of hydrogen-bond acceptors (Lipinski definition) is 5. The fourth-order valence-corrected chi connectivity index (χ4v) is 6.00. The van der Waals surface area contributed by atoms with Crippen molar-refractivity contribution in [1.29, 1.82) is 0 Å².